The van der Waals surface area contributed by atoms with Gasteiger partial charge in [-0.25, -0.2) is 4.79 Å². The highest BCUT2D eigenvalue weighted by Crippen LogP contribution is 2.29. The number of alkyl halides is 3. The van der Waals surface area contributed by atoms with E-state index in [2.05, 4.69) is 10.2 Å². The van der Waals surface area contributed by atoms with Crippen molar-refractivity contribution in [1.82, 2.24) is 10.2 Å². The predicted octanol–water partition coefficient (Wildman–Crippen LogP) is 2.78. The summed E-state index contributed by atoms with van der Waals surface area (Å²) in [6, 6.07) is 4.58. The molecule has 0 bridgehead atoms. The van der Waals surface area contributed by atoms with Crippen LogP contribution in [0, 0.1) is 0 Å². The van der Waals surface area contributed by atoms with Crippen LogP contribution in [0.4, 0.5) is 13.2 Å². The van der Waals surface area contributed by atoms with Gasteiger partial charge in [-0.2, -0.15) is 13.2 Å². The Hall–Kier alpha value is -2.64. The normalized spacial score (nSPS) is 12.0. The quantitative estimate of drug-likeness (QED) is 0.878. The Morgan fingerprint density at radius 2 is 1.90 bits per heavy atom. The molecule has 2 rings (SSSR count). The summed E-state index contributed by atoms with van der Waals surface area (Å²) < 4.78 is 42.4. The first-order valence-corrected chi connectivity index (χ1v) is 5.74. The van der Waals surface area contributed by atoms with E-state index in [4.69, 9.17) is 9.52 Å². The highest BCUT2D eigenvalue weighted by molar-refractivity contribution is 5.84. The van der Waals surface area contributed by atoms with Crippen LogP contribution in [0.3, 0.4) is 0 Å². The summed E-state index contributed by atoms with van der Waals surface area (Å²) in [4.78, 5) is 10.3. The summed E-state index contributed by atoms with van der Waals surface area (Å²) in [5.41, 5.74) is -0.165. The zero-order valence-electron chi connectivity index (χ0n) is 10.5. The number of carboxylic acid groups (broad SMARTS) is 1. The molecule has 5 nitrogen and oxygen atoms in total. The minimum Gasteiger partial charge on any atom is -0.478 e. The molecule has 0 saturated carbocycles. The fourth-order valence-corrected chi connectivity index (χ4v) is 1.53. The number of aliphatic carboxylic acids is 1. The molecule has 0 aliphatic carbocycles. The molecule has 0 aliphatic heterocycles. The number of hydrogen-bond acceptors (Lipinski definition) is 4. The minimum atomic E-state index is -4.38. The first-order chi connectivity index (χ1) is 9.84. The van der Waals surface area contributed by atoms with Crippen molar-refractivity contribution in [3.8, 4) is 0 Å². The Kier molecular flexibility index (Phi) is 4.06. The van der Waals surface area contributed by atoms with Gasteiger partial charge in [0.15, 0.2) is 0 Å². The van der Waals surface area contributed by atoms with E-state index in [1.807, 2.05) is 0 Å². The first-order valence-electron chi connectivity index (χ1n) is 5.74. The third-order valence-corrected chi connectivity index (χ3v) is 2.49. The number of rotatable bonds is 4. The van der Waals surface area contributed by atoms with Gasteiger partial charge in [-0.15, -0.1) is 10.2 Å². The van der Waals surface area contributed by atoms with Crippen molar-refractivity contribution in [2.24, 2.45) is 0 Å². The van der Waals surface area contributed by atoms with Crippen molar-refractivity contribution < 1.29 is 27.5 Å². The van der Waals surface area contributed by atoms with Crippen LogP contribution < -0.4 is 0 Å². The van der Waals surface area contributed by atoms with Gasteiger partial charge in [-0.1, -0.05) is 12.1 Å². The molecule has 0 unspecified atom stereocenters. The van der Waals surface area contributed by atoms with Crippen molar-refractivity contribution in [2.75, 3.05) is 0 Å². The van der Waals surface area contributed by atoms with Gasteiger partial charge in [-0.3, -0.25) is 0 Å². The number of carbonyl (C=O) groups is 1. The Labute approximate surface area is 116 Å². The van der Waals surface area contributed by atoms with Gasteiger partial charge in [0.1, 0.15) is 0 Å². The number of aromatic nitrogens is 2. The molecule has 8 heteroatoms. The second-order valence-corrected chi connectivity index (χ2v) is 4.08. The van der Waals surface area contributed by atoms with Crippen LogP contribution in [0.15, 0.2) is 34.8 Å². The number of carboxylic acids is 1. The Morgan fingerprint density at radius 1 is 1.24 bits per heavy atom. The van der Waals surface area contributed by atoms with E-state index in [1.54, 1.807) is 0 Å². The van der Waals surface area contributed by atoms with Crippen LogP contribution in [0.5, 0.6) is 0 Å². The second-order valence-electron chi connectivity index (χ2n) is 4.08. The van der Waals surface area contributed by atoms with Crippen molar-refractivity contribution in [3.05, 3.63) is 53.2 Å². The average Bonchev–Trinajstić information content (AvgIpc) is 2.83. The molecule has 110 valence electrons. The lowest BCUT2D eigenvalue weighted by atomic mass is 10.1. The molecule has 1 heterocycles. The van der Waals surface area contributed by atoms with E-state index in [-0.39, 0.29) is 18.2 Å². The molecular formula is C13H9F3N2O3. The lowest BCUT2D eigenvalue weighted by Crippen LogP contribution is -2.04. The van der Waals surface area contributed by atoms with Crippen molar-refractivity contribution in [2.45, 2.75) is 12.6 Å². The summed E-state index contributed by atoms with van der Waals surface area (Å²) in [5.74, 6) is -0.961. The molecule has 1 aromatic heterocycles. The Balaban J connectivity index is 2.07. The maximum atomic E-state index is 12.4. The van der Waals surface area contributed by atoms with Crippen LogP contribution in [-0.2, 0) is 17.4 Å². The number of halogens is 3. The summed E-state index contributed by atoms with van der Waals surface area (Å²) in [6.45, 7) is 0. The molecule has 21 heavy (non-hydrogen) atoms. The summed E-state index contributed by atoms with van der Waals surface area (Å²) >= 11 is 0. The first kappa shape index (κ1) is 14.8. The third-order valence-electron chi connectivity index (χ3n) is 2.49. The smallest absolute Gasteiger partial charge is 0.416 e. The van der Waals surface area contributed by atoms with Gasteiger partial charge >= 0.3 is 12.1 Å². The molecule has 0 fully saturated rings. The van der Waals surface area contributed by atoms with E-state index in [0.29, 0.717) is 5.56 Å². The van der Waals surface area contributed by atoms with Gasteiger partial charge in [0.25, 0.3) is 0 Å². The molecule has 2 aromatic rings. The topological polar surface area (TPSA) is 76.2 Å². The van der Waals surface area contributed by atoms with Crippen LogP contribution in [-0.4, -0.2) is 21.3 Å². The fraction of sp³-hybridized carbons (Fsp3) is 0.154. The average molecular weight is 298 g/mol. The van der Waals surface area contributed by atoms with E-state index in [0.717, 1.165) is 24.3 Å². The lowest BCUT2D eigenvalue weighted by Gasteiger charge is -2.06. The number of hydrogen-bond donors (Lipinski definition) is 1. The van der Waals surface area contributed by atoms with Gasteiger partial charge < -0.3 is 9.52 Å². The van der Waals surface area contributed by atoms with Gasteiger partial charge in [0, 0.05) is 12.2 Å². The molecule has 1 aromatic carbocycles. The van der Waals surface area contributed by atoms with E-state index in [9.17, 15) is 18.0 Å². The predicted molar refractivity (Wildman–Crippen MR) is 65.2 cm³/mol. The molecule has 1 N–H and O–H groups in total. The molecule has 0 spiro atoms. The zero-order valence-corrected chi connectivity index (χ0v) is 10.5. The van der Waals surface area contributed by atoms with Gasteiger partial charge in [-0.05, 0) is 17.7 Å². The molecule has 0 atom stereocenters. The van der Waals surface area contributed by atoms with Gasteiger partial charge in [0.2, 0.25) is 11.8 Å². The second kappa shape index (κ2) is 5.78. The molecule has 0 saturated heterocycles. The third kappa shape index (κ3) is 4.16. The van der Waals surface area contributed by atoms with Crippen molar-refractivity contribution in [1.29, 1.82) is 0 Å². The highest BCUT2D eigenvalue weighted by Gasteiger charge is 2.29. The number of benzene rings is 1. The summed E-state index contributed by atoms with van der Waals surface area (Å²) in [5, 5.41) is 15.7. The molecular weight excluding hydrogens is 289 g/mol. The summed E-state index contributed by atoms with van der Waals surface area (Å²) in [6.07, 6.45) is -2.25. The molecule has 0 amide bonds. The minimum absolute atomic E-state index is 0.0133. The summed E-state index contributed by atoms with van der Waals surface area (Å²) in [7, 11) is 0. The fourth-order valence-electron chi connectivity index (χ4n) is 1.53. The Morgan fingerprint density at radius 3 is 2.48 bits per heavy atom. The van der Waals surface area contributed by atoms with E-state index in [1.165, 1.54) is 12.1 Å². The van der Waals surface area contributed by atoms with Crippen molar-refractivity contribution in [3.63, 3.8) is 0 Å². The van der Waals surface area contributed by atoms with E-state index >= 15 is 0 Å². The van der Waals surface area contributed by atoms with Crippen molar-refractivity contribution >= 4 is 12.0 Å². The number of nitrogens with zero attached hydrogens (tertiary/aromatic N) is 2. The Bertz CT molecular complexity index is 660. The largest absolute Gasteiger partial charge is 0.478 e. The van der Waals surface area contributed by atoms with E-state index < -0.39 is 17.7 Å². The zero-order chi connectivity index (χ0) is 15.5. The van der Waals surface area contributed by atoms with Crippen LogP contribution in [0.2, 0.25) is 0 Å². The monoisotopic (exact) mass is 298 g/mol. The molecule has 0 radical (unpaired) electrons. The maximum Gasteiger partial charge on any atom is 0.416 e. The van der Waals surface area contributed by atoms with Crippen LogP contribution in [0.25, 0.3) is 6.08 Å². The molecule has 0 aliphatic rings. The van der Waals surface area contributed by atoms with Crippen LogP contribution in [0.1, 0.15) is 22.9 Å². The SMILES string of the molecule is O=C(O)/C=C/c1nnc(Cc2ccc(C(F)(F)F)cc2)o1. The highest BCUT2D eigenvalue weighted by atomic mass is 19.4. The van der Waals surface area contributed by atoms with Crippen LogP contribution >= 0.6 is 0 Å². The van der Waals surface area contributed by atoms with Gasteiger partial charge in [0.05, 0.1) is 12.0 Å². The lowest BCUT2D eigenvalue weighted by molar-refractivity contribution is -0.137. The standard InChI is InChI=1S/C13H9F3N2O3/c14-13(15,16)9-3-1-8(2-4-9)7-11-18-17-10(21-11)5-6-12(19)20/h1-6H,7H2,(H,19,20)/b6-5+. The maximum absolute atomic E-state index is 12.4.